The summed E-state index contributed by atoms with van der Waals surface area (Å²) in [6.07, 6.45) is -1.09. The molecule has 212 valence electrons. The lowest BCUT2D eigenvalue weighted by molar-refractivity contribution is -0.146. The van der Waals surface area contributed by atoms with Gasteiger partial charge in [0.25, 0.3) is 0 Å². The second kappa shape index (κ2) is 11.0. The Hall–Kier alpha value is -3.75. The zero-order valence-electron chi connectivity index (χ0n) is 23.2. The zero-order valence-corrected chi connectivity index (χ0v) is 23.2. The van der Waals surface area contributed by atoms with Gasteiger partial charge in [0.1, 0.15) is 12.2 Å². The van der Waals surface area contributed by atoms with Gasteiger partial charge in [-0.05, 0) is 29.0 Å². The van der Waals surface area contributed by atoms with Gasteiger partial charge in [0.15, 0.2) is 0 Å². The molecular weight excluding hydrogens is 511 g/mol. The van der Waals surface area contributed by atoms with Crippen molar-refractivity contribution in [3.05, 3.63) is 71.3 Å². The summed E-state index contributed by atoms with van der Waals surface area (Å²) in [7, 11) is 0. The molecule has 9 heteroatoms. The van der Waals surface area contributed by atoms with Crippen LogP contribution in [0.5, 0.6) is 0 Å². The van der Waals surface area contributed by atoms with Gasteiger partial charge < -0.3 is 20.4 Å². The van der Waals surface area contributed by atoms with Crippen LogP contribution in [-0.4, -0.2) is 71.8 Å². The highest BCUT2D eigenvalue weighted by Gasteiger charge is 2.59. The van der Waals surface area contributed by atoms with Crippen molar-refractivity contribution in [3.8, 4) is 0 Å². The highest BCUT2D eigenvalue weighted by molar-refractivity contribution is 5.97. The fourth-order valence-corrected chi connectivity index (χ4v) is 6.41. The van der Waals surface area contributed by atoms with Crippen LogP contribution in [0.25, 0.3) is 0 Å². The van der Waals surface area contributed by atoms with Crippen LogP contribution in [0.4, 0.5) is 4.39 Å². The molecule has 0 saturated carbocycles. The van der Waals surface area contributed by atoms with E-state index in [1.165, 1.54) is 17.4 Å². The normalized spacial score (nSPS) is 26.8. The van der Waals surface area contributed by atoms with Crippen molar-refractivity contribution < 1.29 is 23.6 Å². The van der Waals surface area contributed by atoms with Crippen molar-refractivity contribution in [1.29, 1.82) is 0 Å². The molecule has 8 nitrogen and oxygen atoms in total. The van der Waals surface area contributed by atoms with Crippen molar-refractivity contribution in [1.82, 2.24) is 20.4 Å². The van der Waals surface area contributed by atoms with Crippen LogP contribution in [0.3, 0.4) is 0 Å². The number of hydrogen-bond donors (Lipinski definition) is 2. The van der Waals surface area contributed by atoms with Crippen LogP contribution >= 0.6 is 0 Å². The smallest absolute Gasteiger partial charge is 0.243 e. The van der Waals surface area contributed by atoms with Crippen molar-refractivity contribution >= 4 is 23.6 Å². The first-order valence-corrected chi connectivity index (χ1v) is 14.0. The van der Waals surface area contributed by atoms with Crippen LogP contribution in [0, 0.1) is 11.3 Å². The van der Waals surface area contributed by atoms with Crippen molar-refractivity contribution in [2.24, 2.45) is 11.3 Å². The summed E-state index contributed by atoms with van der Waals surface area (Å²) in [6.45, 7) is 6.12. The standard InChI is InChI=1S/C31H37FN4O4/c1-19(2)21-9-11-23(12-10-21)27(22-7-5-4-6-8-22)34-28(38)26-15-24(32)17-36(26)29(39)25-16-33-30(40)31(25)13-14-35(18-31)20(3)37/h4-12,19,24-27H,13-18H2,1-3H3,(H,33,40)(H,34,38)/t24-,25?,26+,27+,31+/m1/s1. The number of rotatable bonds is 6. The second-order valence-electron chi connectivity index (χ2n) is 11.6. The van der Waals surface area contributed by atoms with Gasteiger partial charge in [0.2, 0.25) is 23.6 Å². The predicted octanol–water partition coefficient (Wildman–Crippen LogP) is 2.94. The molecule has 0 bridgehead atoms. The average molecular weight is 549 g/mol. The Labute approximate surface area is 234 Å². The number of nitrogens with one attached hydrogen (secondary N) is 2. The minimum atomic E-state index is -1.35. The molecule has 3 aliphatic heterocycles. The van der Waals surface area contributed by atoms with Gasteiger partial charge in [0, 0.05) is 33.0 Å². The molecule has 3 fully saturated rings. The lowest BCUT2D eigenvalue weighted by Crippen LogP contribution is -2.52. The summed E-state index contributed by atoms with van der Waals surface area (Å²) in [5, 5.41) is 5.88. The van der Waals surface area contributed by atoms with E-state index in [0.717, 1.165) is 11.1 Å². The zero-order chi connectivity index (χ0) is 28.6. The highest BCUT2D eigenvalue weighted by atomic mass is 19.1. The molecule has 0 aromatic heterocycles. The number of carbonyl (C=O) groups is 4. The molecule has 3 saturated heterocycles. The largest absolute Gasteiger partial charge is 0.355 e. The number of alkyl halides is 1. The summed E-state index contributed by atoms with van der Waals surface area (Å²) in [4.78, 5) is 55.5. The van der Waals surface area contributed by atoms with E-state index in [1.54, 1.807) is 4.90 Å². The first-order valence-electron chi connectivity index (χ1n) is 14.0. The van der Waals surface area contributed by atoms with Crippen LogP contribution in [0.1, 0.15) is 62.3 Å². The van der Waals surface area contributed by atoms with E-state index in [-0.39, 0.29) is 37.9 Å². The third-order valence-corrected chi connectivity index (χ3v) is 8.82. The van der Waals surface area contributed by atoms with Crippen LogP contribution < -0.4 is 10.6 Å². The third-order valence-electron chi connectivity index (χ3n) is 8.82. The van der Waals surface area contributed by atoms with E-state index in [2.05, 4.69) is 24.5 Å². The Kier molecular flexibility index (Phi) is 7.66. The molecule has 1 unspecified atom stereocenters. The highest BCUT2D eigenvalue weighted by Crippen LogP contribution is 2.43. The van der Waals surface area contributed by atoms with E-state index in [0.29, 0.717) is 18.9 Å². The van der Waals surface area contributed by atoms with Crippen molar-refractivity contribution in [3.63, 3.8) is 0 Å². The molecule has 2 N–H and O–H groups in total. The Morgan fingerprint density at radius 3 is 2.30 bits per heavy atom. The molecule has 5 atom stereocenters. The minimum Gasteiger partial charge on any atom is -0.355 e. The maximum Gasteiger partial charge on any atom is 0.243 e. The number of benzene rings is 2. The Balaban J connectivity index is 1.39. The second-order valence-corrected chi connectivity index (χ2v) is 11.6. The van der Waals surface area contributed by atoms with Crippen molar-refractivity contribution in [2.75, 3.05) is 26.2 Å². The summed E-state index contributed by atoms with van der Waals surface area (Å²) in [5.74, 6) is -1.67. The molecule has 0 radical (unpaired) electrons. The lowest BCUT2D eigenvalue weighted by Gasteiger charge is -2.33. The average Bonchev–Trinajstić information content (AvgIpc) is 3.65. The van der Waals surface area contributed by atoms with E-state index in [4.69, 9.17) is 0 Å². The lowest BCUT2D eigenvalue weighted by atomic mass is 9.75. The molecule has 2 aromatic carbocycles. The first-order chi connectivity index (χ1) is 19.1. The van der Waals surface area contributed by atoms with Gasteiger partial charge >= 0.3 is 0 Å². The Morgan fingerprint density at radius 2 is 1.68 bits per heavy atom. The number of hydrogen-bond acceptors (Lipinski definition) is 4. The molecule has 40 heavy (non-hydrogen) atoms. The van der Waals surface area contributed by atoms with Gasteiger partial charge in [0.05, 0.1) is 23.9 Å². The number of likely N-dealkylation sites (tertiary alicyclic amines) is 2. The van der Waals surface area contributed by atoms with E-state index in [9.17, 15) is 23.6 Å². The first kappa shape index (κ1) is 27.8. The maximum absolute atomic E-state index is 14.8. The summed E-state index contributed by atoms with van der Waals surface area (Å²) in [6, 6.07) is 16.1. The monoisotopic (exact) mass is 548 g/mol. The van der Waals surface area contributed by atoms with Crippen LogP contribution in [0.2, 0.25) is 0 Å². The van der Waals surface area contributed by atoms with Crippen LogP contribution in [-0.2, 0) is 19.2 Å². The van der Waals surface area contributed by atoms with Crippen LogP contribution in [0.15, 0.2) is 54.6 Å². The quantitative estimate of drug-likeness (QED) is 0.580. The fraction of sp³-hybridized carbons (Fsp3) is 0.484. The molecular formula is C31H37FN4O4. The molecule has 3 aliphatic rings. The summed E-state index contributed by atoms with van der Waals surface area (Å²) < 4.78 is 14.8. The van der Waals surface area contributed by atoms with E-state index in [1.807, 2.05) is 54.6 Å². The molecule has 0 aliphatic carbocycles. The number of amides is 4. The van der Waals surface area contributed by atoms with Gasteiger partial charge in [-0.1, -0.05) is 68.4 Å². The van der Waals surface area contributed by atoms with Gasteiger partial charge in [-0.25, -0.2) is 4.39 Å². The fourth-order valence-electron chi connectivity index (χ4n) is 6.41. The topological polar surface area (TPSA) is 98.8 Å². The van der Waals surface area contributed by atoms with Gasteiger partial charge in [-0.15, -0.1) is 0 Å². The molecule has 3 heterocycles. The third kappa shape index (κ3) is 5.09. The number of halogens is 1. The molecule has 4 amide bonds. The van der Waals surface area contributed by atoms with Gasteiger partial charge in [-0.2, -0.15) is 0 Å². The van der Waals surface area contributed by atoms with Gasteiger partial charge in [-0.3, -0.25) is 19.2 Å². The Bertz CT molecular complexity index is 1280. The SMILES string of the molecule is CC(=O)N1CC[C@@]2(C1)C(=O)NCC2C(=O)N1C[C@H](F)C[C@H]1C(=O)N[C@@H](c1ccccc1)c1ccc(C(C)C)cc1. The summed E-state index contributed by atoms with van der Waals surface area (Å²) >= 11 is 0. The molecule has 1 spiro atoms. The number of nitrogens with zero attached hydrogens (tertiary/aromatic N) is 2. The van der Waals surface area contributed by atoms with E-state index < -0.39 is 41.4 Å². The predicted molar refractivity (Wildman–Crippen MR) is 148 cm³/mol. The molecule has 2 aromatic rings. The summed E-state index contributed by atoms with van der Waals surface area (Å²) in [5.41, 5.74) is 1.89. The van der Waals surface area contributed by atoms with Crippen molar-refractivity contribution in [2.45, 2.75) is 57.8 Å². The van der Waals surface area contributed by atoms with E-state index >= 15 is 0 Å². The maximum atomic E-state index is 14.8. The minimum absolute atomic E-state index is 0.105. The Morgan fingerprint density at radius 1 is 1.02 bits per heavy atom. The number of carbonyl (C=O) groups excluding carboxylic acids is 4. The molecule has 5 rings (SSSR count).